The number of benzene rings is 1. The molecule has 1 amide bonds. The van der Waals surface area contributed by atoms with Crippen LogP contribution in [-0.4, -0.2) is 29.2 Å². The van der Waals surface area contributed by atoms with Crippen LogP contribution in [0.1, 0.15) is 17.0 Å². The van der Waals surface area contributed by atoms with Crippen LogP contribution in [0.15, 0.2) is 47.1 Å². The van der Waals surface area contributed by atoms with Gasteiger partial charge in [-0.25, -0.2) is 5.48 Å². The first-order valence-corrected chi connectivity index (χ1v) is 8.69. The number of aliphatic hydroxyl groups is 1. The number of hydroxylamine groups is 1. The van der Waals surface area contributed by atoms with Crippen LogP contribution < -0.4 is 10.8 Å². The summed E-state index contributed by atoms with van der Waals surface area (Å²) >= 11 is 2.22. The van der Waals surface area contributed by atoms with Gasteiger partial charge in [0.05, 0.1) is 12.0 Å². The number of carbonyl (C=O) groups is 1. The molecular weight excluding hydrogens is 437 g/mol. The van der Waals surface area contributed by atoms with Crippen molar-refractivity contribution in [3.63, 3.8) is 0 Å². The Labute approximate surface area is 157 Å². The lowest BCUT2D eigenvalue weighted by Gasteiger charge is -2.08. The van der Waals surface area contributed by atoms with E-state index in [1.165, 1.54) is 0 Å². The van der Waals surface area contributed by atoms with Crippen LogP contribution in [0.5, 0.6) is 0 Å². The number of halogens is 1. The SMILES string of the molecule is O=C(NOCCCO)c1oc2ccncc2c1Nc1ccc(I)cc1. The number of hydrogen-bond acceptors (Lipinski definition) is 6. The number of hydrogen-bond donors (Lipinski definition) is 3. The first-order valence-electron chi connectivity index (χ1n) is 7.61. The van der Waals surface area contributed by atoms with E-state index in [0.29, 0.717) is 23.1 Å². The summed E-state index contributed by atoms with van der Waals surface area (Å²) < 4.78 is 6.78. The first-order chi connectivity index (χ1) is 12.2. The van der Waals surface area contributed by atoms with Gasteiger partial charge in [0.1, 0.15) is 11.3 Å². The predicted octanol–water partition coefficient (Wildman–Crippen LogP) is 3.22. The summed E-state index contributed by atoms with van der Waals surface area (Å²) in [6.45, 7) is 0.204. The fraction of sp³-hybridized carbons (Fsp3) is 0.176. The molecule has 0 saturated carbocycles. The Bertz CT molecular complexity index is 864. The molecule has 25 heavy (non-hydrogen) atoms. The molecule has 7 nitrogen and oxygen atoms in total. The number of fused-ring (bicyclic) bond motifs is 1. The monoisotopic (exact) mass is 453 g/mol. The second-order valence-corrected chi connectivity index (χ2v) is 6.41. The lowest BCUT2D eigenvalue weighted by atomic mass is 10.2. The van der Waals surface area contributed by atoms with Crippen LogP contribution in [0, 0.1) is 3.57 Å². The zero-order valence-corrected chi connectivity index (χ0v) is 15.3. The quantitative estimate of drug-likeness (QED) is 0.289. The average molecular weight is 453 g/mol. The smallest absolute Gasteiger partial charge is 0.312 e. The number of furan rings is 1. The molecule has 0 atom stereocenters. The molecule has 0 saturated heterocycles. The molecule has 2 heterocycles. The highest BCUT2D eigenvalue weighted by atomic mass is 127. The number of pyridine rings is 1. The molecule has 2 aromatic heterocycles. The van der Waals surface area contributed by atoms with E-state index in [1.807, 2.05) is 24.3 Å². The van der Waals surface area contributed by atoms with Crippen LogP contribution in [0.3, 0.4) is 0 Å². The largest absolute Gasteiger partial charge is 0.448 e. The molecule has 0 aliphatic rings. The molecule has 1 aromatic carbocycles. The van der Waals surface area contributed by atoms with Crippen molar-refractivity contribution in [2.24, 2.45) is 0 Å². The molecule has 0 fully saturated rings. The van der Waals surface area contributed by atoms with E-state index < -0.39 is 5.91 Å². The van der Waals surface area contributed by atoms with E-state index in [1.54, 1.807) is 18.5 Å². The third-order valence-corrected chi connectivity index (χ3v) is 4.10. The highest BCUT2D eigenvalue weighted by Crippen LogP contribution is 2.32. The van der Waals surface area contributed by atoms with Crippen molar-refractivity contribution in [2.45, 2.75) is 6.42 Å². The Balaban J connectivity index is 1.89. The number of aromatic nitrogens is 1. The van der Waals surface area contributed by atoms with Gasteiger partial charge in [-0.05, 0) is 59.3 Å². The minimum Gasteiger partial charge on any atom is -0.448 e. The zero-order valence-electron chi connectivity index (χ0n) is 13.2. The Morgan fingerprint density at radius 3 is 2.84 bits per heavy atom. The van der Waals surface area contributed by atoms with E-state index in [9.17, 15) is 4.79 Å². The fourth-order valence-corrected chi connectivity index (χ4v) is 2.56. The molecule has 3 rings (SSSR count). The van der Waals surface area contributed by atoms with Gasteiger partial charge in [-0.2, -0.15) is 0 Å². The summed E-state index contributed by atoms with van der Waals surface area (Å²) in [7, 11) is 0. The van der Waals surface area contributed by atoms with Gasteiger partial charge in [-0.1, -0.05) is 0 Å². The van der Waals surface area contributed by atoms with Gasteiger partial charge in [0.25, 0.3) is 0 Å². The maximum Gasteiger partial charge on any atom is 0.312 e. The number of carbonyl (C=O) groups excluding carboxylic acids is 1. The van der Waals surface area contributed by atoms with Gasteiger partial charge in [-0.3, -0.25) is 14.6 Å². The summed E-state index contributed by atoms with van der Waals surface area (Å²) in [5, 5.41) is 12.7. The average Bonchev–Trinajstić information content (AvgIpc) is 2.99. The maximum atomic E-state index is 12.4. The number of nitrogens with one attached hydrogen (secondary N) is 2. The molecule has 0 unspecified atom stereocenters. The molecule has 0 spiro atoms. The normalized spacial score (nSPS) is 10.8. The lowest BCUT2D eigenvalue weighted by Crippen LogP contribution is -2.24. The summed E-state index contributed by atoms with van der Waals surface area (Å²) in [5.74, 6) is -0.410. The molecule has 3 N–H and O–H groups in total. The molecule has 0 radical (unpaired) electrons. The summed E-state index contributed by atoms with van der Waals surface area (Å²) in [6, 6.07) is 9.44. The minimum absolute atomic E-state index is 0.00814. The highest BCUT2D eigenvalue weighted by molar-refractivity contribution is 14.1. The molecule has 0 aliphatic heterocycles. The van der Waals surface area contributed by atoms with Crippen molar-refractivity contribution in [3.8, 4) is 0 Å². The Hall–Kier alpha value is -2.17. The predicted molar refractivity (Wildman–Crippen MR) is 102 cm³/mol. The van der Waals surface area contributed by atoms with Crippen molar-refractivity contribution in [1.82, 2.24) is 10.5 Å². The van der Waals surface area contributed by atoms with Crippen molar-refractivity contribution in [3.05, 3.63) is 52.1 Å². The molecular formula is C17H16IN3O4. The molecule has 0 aliphatic carbocycles. The number of nitrogens with zero attached hydrogens (tertiary/aromatic N) is 1. The number of rotatable bonds is 7. The Kier molecular flexibility index (Phi) is 5.84. The van der Waals surface area contributed by atoms with E-state index >= 15 is 0 Å². The van der Waals surface area contributed by atoms with Crippen molar-refractivity contribution < 1.29 is 19.2 Å². The second-order valence-electron chi connectivity index (χ2n) is 5.17. The lowest BCUT2D eigenvalue weighted by molar-refractivity contribution is 0.0243. The standard InChI is InChI=1S/C17H16IN3O4/c18-11-2-4-12(5-3-11)20-15-13-10-19-7-6-14(13)25-16(15)17(23)21-24-9-1-8-22/h2-7,10,20,22H,1,8-9H2,(H,21,23). The van der Waals surface area contributed by atoms with Gasteiger partial charge in [-0.15, -0.1) is 0 Å². The van der Waals surface area contributed by atoms with Crippen molar-refractivity contribution in [1.29, 1.82) is 0 Å². The summed E-state index contributed by atoms with van der Waals surface area (Å²) in [6.07, 6.45) is 3.66. The van der Waals surface area contributed by atoms with Gasteiger partial charge >= 0.3 is 5.91 Å². The number of amides is 1. The van der Waals surface area contributed by atoms with Crippen LogP contribution in [0.4, 0.5) is 11.4 Å². The first kappa shape index (κ1) is 17.6. The van der Waals surface area contributed by atoms with E-state index in [0.717, 1.165) is 9.26 Å². The number of aliphatic hydroxyl groups excluding tert-OH is 1. The zero-order chi connectivity index (χ0) is 17.6. The van der Waals surface area contributed by atoms with E-state index in [-0.39, 0.29) is 19.0 Å². The van der Waals surface area contributed by atoms with Crippen LogP contribution in [-0.2, 0) is 4.84 Å². The third-order valence-electron chi connectivity index (χ3n) is 3.38. The maximum absolute atomic E-state index is 12.4. The Morgan fingerprint density at radius 1 is 1.28 bits per heavy atom. The second kappa shape index (κ2) is 8.28. The molecule has 8 heteroatoms. The minimum atomic E-state index is -0.512. The number of anilines is 2. The van der Waals surface area contributed by atoms with Gasteiger partial charge in [0.15, 0.2) is 0 Å². The van der Waals surface area contributed by atoms with Crippen molar-refractivity contribution >= 4 is 50.8 Å². The van der Waals surface area contributed by atoms with E-state index in [2.05, 4.69) is 38.4 Å². The summed E-state index contributed by atoms with van der Waals surface area (Å²) in [4.78, 5) is 21.5. The van der Waals surface area contributed by atoms with E-state index in [4.69, 9.17) is 14.4 Å². The van der Waals surface area contributed by atoms with Gasteiger partial charge in [0, 0.05) is 28.3 Å². The fourth-order valence-electron chi connectivity index (χ4n) is 2.20. The van der Waals surface area contributed by atoms with Gasteiger partial charge < -0.3 is 14.8 Å². The topological polar surface area (TPSA) is 96.6 Å². The Morgan fingerprint density at radius 2 is 2.08 bits per heavy atom. The van der Waals surface area contributed by atoms with Crippen LogP contribution in [0.2, 0.25) is 0 Å². The van der Waals surface area contributed by atoms with Gasteiger partial charge in [0.2, 0.25) is 5.76 Å². The highest BCUT2D eigenvalue weighted by Gasteiger charge is 2.21. The van der Waals surface area contributed by atoms with Crippen LogP contribution in [0.25, 0.3) is 11.0 Å². The molecule has 130 valence electrons. The molecule has 0 bridgehead atoms. The third kappa shape index (κ3) is 4.27. The van der Waals surface area contributed by atoms with Crippen molar-refractivity contribution in [2.75, 3.05) is 18.5 Å². The van der Waals surface area contributed by atoms with Crippen LogP contribution >= 0.6 is 22.6 Å². The molecule has 3 aromatic rings. The summed E-state index contributed by atoms with van der Waals surface area (Å²) in [5.41, 5.74) is 4.21.